The van der Waals surface area contributed by atoms with Crippen molar-refractivity contribution < 1.29 is 9.53 Å². The molecule has 1 aromatic heterocycles. The average molecular weight is 375 g/mol. The predicted octanol–water partition coefficient (Wildman–Crippen LogP) is 4.21. The van der Waals surface area contributed by atoms with Gasteiger partial charge in [0.1, 0.15) is 5.69 Å². The molecule has 4 rings (SSSR count). The van der Waals surface area contributed by atoms with Gasteiger partial charge in [-0.2, -0.15) is 5.10 Å². The van der Waals surface area contributed by atoms with Crippen LogP contribution in [0.1, 0.15) is 34.5 Å². The van der Waals surface area contributed by atoms with Crippen LogP contribution < -0.4 is 0 Å². The van der Waals surface area contributed by atoms with Crippen molar-refractivity contribution in [2.45, 2.75) is 32.5 Å². The quantitative estimate of drug-likeness (QED) is 0.727. The first-order valence-corrected chi connectivity index (χ1v) is 9.76. The third-order valence-corrected chi connectivity index (χ3v) is 5.15. The molecule has 5 nitrogen and oxygen atoms in total. The number of hydrogen-bond acceptors (Lipinski definition) is 3. The van der Waals surface area contributed by atoms with E-state index in [1.54, 1.807) is 0 Å². The van der Waals surface area contributed by atoms with E-state index >= 15 is 0 Å². The summed E-state index contributed by atoms with van der Waals surface area (Å²) in [4.78, 5) is 14.8. The average Bonchev–Trinajstić information content (AvgIpc) is 3.23. The summed E-state index contributed by atoms with van der Waals surface area (Å²) in [5, 5.41) is 7.23. The van der Waals surface area contributed by atoms with Gasteiger partial charge in [-0.05, 0) is 31.4 Å². The van der Waals surface area contributed by atoms with Gasteiger partial charge in [-0.1, -0.05) is 60.2 Å². The Morgan fingerprint density at radius 2 is 1.96 bits per heavy atom. The van der Waals surface area contributed by atoms with E-state index < -0.39 is 0 Å². The van der Waals surface area contributed by atoms with Gasteiger partial charge >= 0.3 is 0 Å². The lowest BCUT2D eigenvalue weighted by Crippen LogP contribution is -2.43. The first-order valence-electron chi connectivity index (χ1n) is 9.76. The molecule has 0 saturated carbocycles. The molecule has 1 N–H and O–H groups in total. The molecule has 144 valence electrons. The molecule has 0 spiro atoms. The minimum Gasteiger partial charge on any atom is -0.372 e. The van der Waals surface area contributed by atoms with Crippen molar-refractivity contribution in [1.82, 2.24) is 15.1 Å². The van der Waals surface area contributed by atoms with Crippen LogP contribution >= 0.6 is 0 Å². The number of amides is 1. The molecule has 0 radical (unpaired) electrons. The monoisotopic (exact) mass is 375 g/mol. The summed E-state index contributed by atoms with van der Waals surface area (Å²) in [5.74, 6) is -0.0149. The zero-order chi connectivity index (χ0) is 19.3. The zero-order valence-electron chi connectivity index (χ0n) is 16.1. The summed E-state index contributed by atoms with van der Waals surface area (Å²) in [7, 11) is 0. The van der Waals surface area contributed by atoms with Crippen LogP contribution in [-0.2, 0) is 11.3 Å². The number of aromatic amines is 1. The number of aromatic nitrogens is 2. The van der Waals surface area contributed by atoms with E-state index in [0.717, 1.165) is 36.2 Å². The predicted molar refractivity (Wildman–Crippen MR) is 109 cm³/mol. The second-order valence-corrected chi connectivity index (χ2v) is 7.34. The van der Waals surface area contributed by atoms with Gasteiger partial charge in [0.05, 0.1) is 18.4 Å². The van der Waals surface area contributed by atoms with Crippen LogP contribution in [0.25, 0.3) is 11.3 Å². The van der Waals surface area contributed by atoms with E-state index in [2.05, 4.69) is 29.3 Å². The van der Waals surface area contributed by atoms with Crippen molar-refractivity contribution in [2.75, 3.05) is 13.1 Å². The first kappa shape index (κ1) is 18.4. The molecule has 0 unspecified atom stereocenters. The Morgan fingerprint density at radius 3 is 2.75 bits per heavy atom. The van der Waals surface area contributed by atoms with Crippen LogP contribution in [0.3, 0.4) is 0 Å². The first-order chi connectivity index (χ1) is 13.7. The normalized spacial score (nSPS) is 16.9. The Kier molecular flexibility index (Phi) is 5.53. The Morgan fingerprint density at radius 1 is 1.18 bits per heavy atom. The fourth-order valence-corrected chi connectivity index (χ4v) is 3.52. The number of piperidine rings is 1. The van der Waals surface area contributed by atoms with Gasteiger partial charge in [0.25, 0.3) is 5.91 Å². The highest BCUT2D eigenvalue weighted by Gasteiger charge is 2.26. The summed E-state index contributed by atoms with van der Waals surface area (Å²) in [6.45, 7) is 4.00. The summed E-state index contributed by atoms with van der Waals surface area (Å²) in [5.41, 5.74) is 4.67. The molecule has 5 heteroatoms. The van der Waals surface area contributed by atoms with Crippen molar-refractivity contribution in [3.8, 4) is 11.3 Å². The molecule has 1 aliphatic rings. The third-order valence-electron chi connectivity index (χ3n) is 5.15. The molecular formula is C23H25N3O2. The molecule has 3 aromatic rings. The zero-order valence-corrected chi connectivity index (χ0v) is 16.1. The number of carbonyl (C=O) groups excluding carboxylic acids is 1. The van der Waals surface area contributed by atoms with E-state index in [-0.39, 0.29) is 12.0 Å². The van der Waals surface area contributed by atoms with Gasteiger partial charge in [-0.25, -0.2) is 0 Å². The molecule has 0 aliphatic carbocycles. The summed E-state index contributed by atoms with van der Waals surface area (Å²) in [6.07, 6.45) is 2.00. The van der Waals surface area contributed by atoms with Crippen molar-refractivity contribution >= 4 is 5.91 Å². The molecular weight excluding hydrogens is 350 g/mol. The number of nitrogens with one attached hydrogen (secondary N) is 1. The number of H-pyrrole nitrogens is 1. The van der Waals surface area contributed by atoms with Crippen molar-refractivity contribution in [2.24, 2.45) is 0 Å². The SMILES string of the molecule is Cc1ccc(-c2cc(C(=O)N3CCC[C@H](OCc4ccccc4)C3)[nH]n2)cc1. The number of ether oxygens (including phenoxy) is 1. The fraction of sp³-hybridized carbons (Fsp3) is 0.304. The molecule has 2 heterocycles. The van der Waals surface area contributed by atoms with Crippen LogP contribution in [0.5, 0.6) is 0 Å². The topological polar surface area (TPSA) is 58.2 Å². The Balaban J connectivity index is 1.38. The molecule has 1 saturated heterocycles. The molecule has 1 aliphatic heterocycles. The van der Waals surface area contributed by atoms with Crippen molar-refractivity contribution in [3.63, 3.8) is 0 Å². The maximum Gasteiger partial charge on any atom is 0.271 e. The minimum absolute atomic E-state index is 0.0149. The highest BCUT2D eigenvalue weighted by atomic mass is 16.5. The van der Waals surface area contributed by atoms with Gasteiger partial charge < -0.3 is 9.64 Å². The molecule has 1 atom stereocenters. The highest BCUT2D eigenvalue weighted by molar-refractivity contribution is 5.93. The standard InChI is InChI=1S/C23H25N3O2/c1-17-9-11-19(12-10-17)21-14-22(25-24-21)23(27)26-13-5-8-20(15-26)28-16-18-6-3-2-4-7-18/h2-4,6-7,9-12,14,20H,5,8,13,15-16H2,1H3,(H,24,25)/t20-/m0/s1. The third kappa shape index (κ3) is 4.31. The van der Waals surface area contributed by atoms with E-state index in [1.165, 1.54) is 5.56 Å². The van der Waals surface area contributed by atoms with E-state index in [4.69, 9.17) is 4.74 Å². The second-order valence-electron chi connectivity index (χ2n) is 7.34. The van der Waals surface area contributed by atoms with Gasteiger partial charge in [0, 0.05) is 18.7 Å². The lowest BCUT2D eigenvalue weighted by molar-refractivity contribution is -0.00688. The largest absolute Gasteiger partial charge is 0.372 e. The number of carbonyl (C=O) groups is 1. The summed E-state index contributed by atoms with van der Waals surface area (Å²) < 4.78 is 6.05. The van der Waals surface area contributed by atoms with E-state index in [1.807, 2.05) is 53.4 Å². The van der Waals surface area contributed by atoms with Crippen molar-refractivity contribution in [1.29, 1.82) is 0 Å². The van der Waals surface area contributed by atoms with Crippen LogP contribution in [0.15, 0.2) is 60.7 Å². The smallest absolute Gasteiger partial charge is 0.271 e. The lowest BCUT2D eigenvalue weighted by Gasteiger charge is -2.32. The molecule has 1 amide bonds. The number of aryl methyl sites for hydroxylation is 1. The van der Waals surface area contributed by atoms with Crippen LogP contribution in [0.4, 0.5) is 0 Å². The highest BCUT2D eigenvalue weighted by Crippen LogP contribution is 2.21. The molecule has 1 fully saturated rings. The maximum atomic E-state index is 12.9. The maximum absolute atomic E-state index is 12.9. The fourth-order valence-electron chi connectivity index (χ4n) is 3.52. The summed E-state index contributed by atoms with van der Waals surface area (Å²) >= 11 is 0. The Labute approximate surface area is 165 Å². The van der Waals surface area contributed by atoms with Crippen LogP contribution in [0, 0.1) is 6.92 Å². The summed E-state index contributed by atoms with van der Waals surface area (Å²) in [6, 6.07) is 20.1. The van der Waals surface area contributed by atoms with Gasteiger partial charge in [0.2, 0.25) is 0 Å². The van der Waals surface area contributed by atoms with E-state index in [0.29, 0.717) is 18.8 Å². The number of benzene rings is 2. The lowest BCUT2D eigenvalue weighted by atomic mass is 10.1. The Bertz CT molecular complexity index is 919. The second kappa shape index (κ2) is 8.40. The Hall–Kier alpha value is -2.92. The minimum atomic E-state index is -0.0149. The molecule has 2 aromatic carbocycles. The van der Waals surface area contributed by atoms with Gasteiger partial charge in [0.15, 0.2) is 0 Å². The number of hydrogen-bond donors (Lipinski definition) is 1. The number of rotatable bonds is 5. The van der Waals surface area contributed by atoms with Crippen LogP contribution in [-0.4, -0.2) is 40.2 Å². The van der Waals surface area contributed by atoms with Gasteiger partial charge in [-0.15, -0.1) is 0 Å². The van der Waals surface area contributed by atoms with Crippen molar-refractivity contribution in [3.05, 3.63) is 77.5 Å². The number of likely N-dealkylation sites (tertiary alicyclic amines) is 1. The number of nitrogens with zero attached hydrogens (tertiary/aromatic N) is 2. The molecule has 28 heavy (non-hydrogen) atoms. The van der Waals surface area contributed by atoms with E-state index in [9.17, 15) is 4.79 Å². The van der Waals surface area contributed by atoms with Gasteiger partial charge in [-0.3, -0.25) is 9.89 Å². The molecule has 0 bridgehead atoms. The van der Waals surface area contributed by atoms with Crippen LogP contribution in [0.2, 0.25) is 0 Å².